The average molecular weight is 272 g/mol. The number of amides is 1. The van der Waals surface area contributed by atoms with E-state index in [1.165, 1.54) is 5.56 Å². The summed E-state index contributed by atoms with van der Waals surface area (Å²) in [6, 6.07) is 10.8. The van der Waals surface area contributed by atoms with Crippen molar-refractivity contribution in [2.45, 2.75) is 57.8 Å². The van der Waals surface area contributed by atoms with E-state index in [1.54, 1.807) is 0 Å². The number of hydrogen-bond acceptors (Lipinski definition) is 2. The zero-order valence-electron chi connectivity index (χ0n) is 12.4. The normalized spacial score (nSPS) is 33.3. The Morgan fingerprint density at radius 2 is 1.95 bits per heavy atom. The van der Waals surface area contributed by atoms with Crippen LogP contribution >= 0.6 is 0 Å². The zero-order valence-corrected chi connectivity index (χ0v) is 12.4. The molecular formula is C17H24N2O. The SMILES string of the molecule is CCCC1NC(c2ccccc2)N(C2CC(C)C2)C1=O. The molecular weight excluding hydrogens is 248 g/mol. The highest BCUT2D eigenvalue weighted by Crippen LogP contribution is 2.38. The Balaban J connectivity index is 1.84. The lowest BCUT2D eigenvalue weighted by molar-refractivity contribution is -0.135. The molecule has 0 aromatic heterocycles. The summed E-state index contributed by atoms with van der Waals surface area (Å²) in [5.74, 6) is 1.06. The first kappa shape index (κ1) is 13.6. The van der Waals surface area contributed by atoms with Crippen molar-refractivity contribution in [1.29, 1.82) is 0 Å². The molecule has 0 spiro atoms. The second kappa shape index (κ2) is 5.57. The molecule has 108 valence electrons. The molecule has 2 aliphatic rings. The Morgan fingerprint density at radius 3 is 2.55 bits per heavy atom. The van der Waals surface area contributed by atoms with Crippen LogP contribution < -0.4 is 5.32 Å². The van der Waals surface area contributed by atoms with Gasteiger partial charge in [0.1, 0.15) is 6.17 Å². The van der Waals surface area contributed by atoms with Crippen molar-refractivity contribution in [1.82, 2.24) is 10.2 Å². The van der Waals surface area contributed by atoms with Crippen LogP contribution in [-0.4, -0.2) is 22.9 Å². The summed E-state index contributed by atoms with van der Waals surface area (Å²) in [5, 5.41) is 3.55. The molecule has 1 aromatic rings. The summed E-state index contributed by atoms with van der Waals surface area (Å²) in [4.78, 5) is 14.8. The van der Waals surface area contributed by atoms with Gasteiger partial charge in [-0.1, -0.05) is 50.6 Å². The number of nitrogens with one attached hydrogen (secondary N) is 1. The van der Waals surface area contributed by atoms with Crippen molar-refractivity contribution in [3.63, 3.8) is 0 Å². The first-order chi connectivity index (χ1) is 9.70. The van der Waals surface area contributed by atoms with E-state index in [9.17, 15) is 4.79 Å². The Hall–Kier alpha value is -1.35. The van der Waals surface area contributed by atoms with E-state index in [0.717, 1.165) is 31.6 Å². The van der Waals surface area contributed by atoms with Crippen LogP contribution in [0, 0.1) is 5.92 Å². The van der Waals surface area contributed by atoms with Gasteiger partial charge in [-0.05, 0) is 30.7 Å². The Morgan fingerprint density at radius 1 is 1.25 bits per heavy atom. The highest BCUT2D eigenvalue weighted by Gasteiger charge is 2.45. The summed E-state index contributed by atoms with van der Waals surface area (Å²) < 4.78 is 0. The molecule has 1 heterocycles. The molecule has 2 fully saturated rings. The second-order valence-corrected chi connectivity index (χ2v) is 6.30. The summed E-state index contributed by atoms with van der Waals surface area (Å²) in [6.45, 7) is 4.41. The van der Waals surface area contributed by atoms with Crippen molar-refractivity contribution < 1.29 is 4.79 Å². The van der Waals surface area contributed by atoms with E-state index in [1.807, 2.05) is 6.07 Å². The summed E-state index contributed by atoms with van der Waals surface area (Å²) in [7, 11) is 0. The molecule has 1 aliphatic carbocycles. The van der Waals surface area contributed by atoms with Crippen LogP contribution in [0.1, 0.15) is 51.3 Å². The first-order valence-corrected chi connectivity index (χ1v) is 7.84. The van der Waals surface area contributed by atoms with E-state index in [4.69, 9.17) is 0 Å². The standard InChI is InChI=1S/C17H24N2O/c1-3-7-15-17(20)19(14-10-12(2)11-14)16(18-15)13-8-5-4-6-9-13/h4-6,8-9,12,14-16,18H,3,7,10-11H2,1-2H3. The van der Waals surface area contributed by atoms with Gasteiger partial charge < -0.3 is 4.90 Å². The number of nitrogens with zero attached hydrogens (tertiary/aromatic N) is 1. The third-order valence-corrected chi connectivity index (χ3v) is 4.62. The number of hydrogen-bond donors (Lipinski definition) is 1. The van der Waals surface area contributed by atoms with Gasteiger partial charge in [-0.2, -0.15) is 0 Å². The third kappa shape index (κ3) is 2.35. The van der Waals surface area contributed by atoms with Crippen molar-refractivity contribution in [3.05, 3.63) is 35.9 Å². The van der Waals surface area contributed by atoms with Crippen LogP contribution in [0.25, 0.3) is 0 Å². The average Bonchev–Trinajstić information content (AvgIpc) is 2.74. The lowest BCUT2D eigenvalue weighted by Gasteiger charge is -2.42. The Bertz CT molecular complexity index is 467. The van der Waals surface area contributed by atoms with Gasteiger partial charge in [-0.15, -0.1) is 0 Å². The first-order valence-electron chi connectivity index (χ1n) is 7.84. The van der Waals surface area contributed by atoms with Gasteiger partial charge >= 0.3 is 0 Å². The van der Waals surface area contributed by atoms with E-state index in [-0.39, 0.29) is 12.2 Å². The second-order valence-electron chi connectivity index (χ2n) is 6.30. The minimum Gasteiger partial charge on any atom is -0.319 e. The molecule has 1 aliphatic heterocycles. The van der Waals surface area contributed by atoms with Crippen LogP contribution in [-0.2, 0) is 4.79 Å². The summed E-state index contributed by atoms with van der Waals surface area (Å²) in [6.07, 6.45) is 4.34. The van der Waals surface area contributed by atoms with Gasteiger partial charge in [0.15, 0.2) is 0 Å². The number of rotatable bonds is 4. The molecule has 1 aromatic carbocycles. The number of benzene rings is 1. The zero-order chi connectivity index (χ0) is 14.1. The number of carbonyl (C=O) groups excluding carboxylic acids is 1. The van der Waals surface area contributed by atoms with Gasteiger partial charge in [0.05, 0.1) is 6.04 Å². The molecule has 20 heavy (non-hydrogen) atoms. The third-order valence-electron chi connectivity index (χ3n) is 4.62. The van der Waals surface area contributed by atoms with Crippen LogP contribution in [0.5, 0.6) is 0 Å². The largest absolute Gasteiger partial charge is 0.319 e. The molecule has 2 atom stereocenters. The maximum absolute atomic E-state index is 12.7. The van der Waals surface area contributed by atoms with Gasteiger partial charge in [-0.3, -0.25) is 10.1 Å². The highest BCUT2D eigenvalue weighted by molar-refractivity contribution is 5.85. The van der Waals surface area contributed by atoms with Crippen LogP contribution in [0.2, 0.25) is 0 Å². The molecule has 1 amide bonds. The lowest BCUT2D eigenvalue weighted by Crippen LogP contribution is -2.47. The predicted octanol–water partition coefficient (Wildman–Crippen LogP) is 3.08. The van der Waals surface area contributed by atoms with Gasteiger partial charge in [0.25, 0.3) is 0 Å². The van der Waals surface area contributed by atoms with E-state index in [2.05, 4.69) is 48.3 Å². The van der Waals surface area contributed by atoms with Crippen molar-refractivity contribution in [2.75, 3.05) is 0 Å². The summed E-state index contributed by atoms with van der Waals surface area (Å²) >= 11 is 0. The van der Waals surface area contributed by atoms with Gasteiger partial charge in [-0.25, -0.2) is 0 Å². The topological polar surface area (TPSA) is 32.3 Å². The van der Waals surface area contributed by atoms with Crippen molar-refractivity contribution in [2.24, 2.45) is 5.92 Å². The smallest absolute Gasteiger partial charge is 0.241 e. The minimum atomic E-state index is 0.00103. The fourth-order valence-corrected chi connectivity index (χ4v) is 3.51. The van der Waals surface area contributed by atoms with E-state index < -0.39 is 0 Å². The predicted molar refractivity (Wildman–Crippen MR) is 80.0 cm³/mol. The molecule has 3 heteroatoms. The van der Waals surface area contributed by atoms with Crippen LogP contribution in [0.15, 0.2) is 30.3 Å². The molecule has 1 saturated carbocycles. The highest BCUT2D eigenvalue weighted by atomic mass is 16.2. The molecule has 0 radical (unpaired) electrons. The van der Waals surface area contributed by atoms with Crippen molar-refractivity contribution >= 4 is 5.91 Å². The molecule has 2 unspecified atom stereocenters. The lowest BCUT2D eigenvalue weighted by atomic mass is 9.80. The molecule has 3 nitrogen and oxygen atoms in total. The number of carbonyl (C=O) groups is 1. The van der Waals surface area contributed by atoms with Crippen molar-refractivity contribution in [3.8, 4) is 0 Å². The van der Waals surface area contributed by atoms with Crippen LogP contribution in [0.4, 0.5) is 0 Å². The summed E-state index contributed by atoms with van der Waals surface area (Å²) in [5.41, 5.74) is 1.21. The van der Waals surface area contributed by atoms with Gasteiger partial charge in [0, 0.05) is 6.04 Å². The Labute approximate surface area is 121 Å². The molecule has 1 saturated heterocycles. The maximum atomic E-state index is 12.7. The monoisotopic (exact) mass is 272 g/mol. The minimum absolute atomic E-state index is 0.00103. The quantitative estimate of drug-likeness (QED) is 0.913. The fraction of sp³-hybridized carbons (Fsp3) is 0.588. The molecule has 3 rings (SSSR count). The fourth-order valence-electron chi connectivity index (χ4n) is 3.51. The maximum Gasteiger partial charge on any atom is 0.241 e. The van der Waals surface area contributed by atoms with Gasteiger partial charge in [0.2, 0.25) is 5.91 Å². The molecule has 1 N–H and O–H groups in total. The van der Waals surface area contributed by atoms with Crippen LogP contribution in [0.3, 0.4) is 0 Å². The van der Waals surface area contributed by atoms with E-state index >= 15 is 0 Å². The Kier molecular flexibility index (Phi) is 3.79. The van der Waals surface area contributed by atoms with E-state index in [0.29, 0.717) is 11.9 Å². The molecule has 0 bridgehead atoms.